The summed E-state index contributed by atoms with van der Waals surface area (Å²) in [6.07, 6.45) is 9.29. The molecule has 0 rings (SSSR count). The van der Waals surface area contributed by atoms with Gasteiger partial charge in [-0.05, 0) is 46.5 Å². The summed E-state index contributed by atoms with van der Waals surface area (Å²) >= 11 is 0. The smallest absolute Gasteiger partial charge is 0.0109 e. The van der Waals surface area contributed by atoms with E-state index in [-0.39, 0.29) is 0 Å². The molecule has 2 nitrogen and oxygen atoms in total. The van der Waals surface area contributed by atoms with Crippen molar-refractivity contribution >= 4 is 0 Å². The third kappa shape index (κ3) is 7.46. The highest BCUT2D eigenvalue weighted by molar-refractivity contribution is 5.22. The van der Waals surface area contributed by atoms with Crippen molar-refractivity contribution in [2.45, 2.75) is 33.2 Å². The summed E-state index contributed by atoms with van der Waals surface area (Å²) in [6, 6.07) is 0.546. The molecule has 0 bridgehead atoms. The molecule has 0 aromatic heterocycles. The van der Waals surface area contributed by atoms with Crippen LogP contribution in [-0.2, 0) is 0 Å². The maximum Gasteiger partial charge on any atom is 0.0109 e. The van der Waals surface area contributed by atoms with Crippen LogP contribution in [-0.4, -0.2) is 49.6 Å². The minimum atomic E-state index is 0.546. The lowest BCUT2D eigenvalue weighted by molar-refractivity contribution is 0.218. The lowest BCUT2D eigenvalue weighted by Crippen LogP contribution is -2.36. The largest absolute Gasteiger partial charge is 0.305 e. The Labute approximate surface area is 114 Å². The van der Waals surface area contributed by atoms with Crippen molar-refractivity contribution in [1.82, 2.24) is 9.80 Å². The first-order valence-electron chi connectivity index (χ1n) is 6.88. The van der Waals surface area contributed by atoms with Crippen molar-refractivity contribution < 1.29 is 0 Å². The molecule has 0 aromatic carbocycles. The summed E-state index contributed by atoms with van der Waals surface area (Å²) in [7, 11) is 4.37. The number of rotatable bonds is 9. The molecule has 104 valence electrons. The van der Waals surface area contributed by atoms with Crippen LogP contribution in [0.2, 0.25) is 0 Å². The minimum Gasteiger partial charge on any atom is -0.305 e. The number of hydrogen-bond donors (Lipinski definition) is 0. The first-order valence-corrected chi connectivity index (χ1v) is 6.88. The third-order valence-corrected chi connectivity index (χ3v) is 3.42. The van der Waals surface area contributed by atoms with E-state index in [4.69, 9.17) is 0 Å². The van der Waals surface area contributed by atoms with Crippen LogP contribution >= 0.6 is 0 Å². The Hall–Kier alpha value is -0.860. The minimum absolute atomic E-state index is 0.546. The average Bonchev–Trinajstić information content (AvgIpc) is 2.39. The fourth-order valence-corrected chi connectivity index (χ4v) is 1.64. The van der Waals surface area contributed by atoms with E-state index in [9.17, 15) is 0 Å². The zero-order valence-corrected chi connectivity index (χ0v) is 12.8. The van der Waals surface area contributed by atoms with Gasteiger partial charge in [-0.2, -0.15) is 0 Å². The lowest BCUT2D eigenvalue weighted by atomic mass is 10.1. The van der Waals surface area contributed by atoms with Crippen LogP contribution in [0.5, 0.6) is 0 Å². The Bertz CT molecular complexity index is 279. The molecule has 0 heterocycles. The standard InChI is InChI=1S/C16H30N2/c1-7-10-11-16(8-2)14-15(4)18(6)13-12-17(5)9-3/h7-8,10-11,15H,2,9,12-14H2,1,3-6H3/b10-7-,16-11+. The van der Waals surface area contributed by atoms with E-state index in [2.05, 4.69) is 56.5 Å². The van der Waals surface area contributed by atoms with Crippen LogP contribution in [0, 0.1) is 0 Å². The molecular weight excluding hydrogens is 220 g/mol. The molecule has 0 aliphatic heterocycles. The molecule has 0 aliphatic carbocycles. The molecular formula is C16H30N2. The van der Waals surface area contributed by atoms with Gasteiger partial charge in [-0.3, -0.25) is 0 Å². The molecule has 1 unspecified atom stereocenters. The molecule has 0 radical (unpaired) electrons. The highest BCUT2D eigenvalue weighted by atomic mass is 15.2. The Morgan fingerprint density at radius 2 is 1.94 bits per heavy atom. The van der Waals surface area contributed by atoms with Gasteiger partial charge in [0, 0.05) is 19.1 Å². The molecule has 0 saturated heterocycles. The van der Waals surface area contributed by atoms with Crippen LogP contribution in [0.15, 0.2) is 36.5 Å². The zero-order valence-electron chi connectivity index (χ0n) is 12.8. The van der Waals surface area contributed by atoms with Gasteiger partial charge >= 0.3 is 0 Å². The van der Waals surface area contributed by atoms with E-state index in [1.54, 1.807) is 0 Å². The molecule has 0 amide bonds. The zero-order chi connectivity index (χ0) is 14.0. The summed E-state index contributed by atoms with van der Waals surface area (Å²) in [6.45, 7) is 13.7. The van der Waals surface area contributed by atoms with Crippen molar-refractivity contribution in [3.63, 3.8) is 0 Å². The van der Waals surface area contributed by atoms with Gasteiger partial charge in [0.15, 0.2) is 0 Å². The van der Waals surface area contributed by atoms with Gasteiger partial charge in [-0.25, -0.2) is 0 Å². The van der Waals surface area contributed by atoms with E-state index in [1.807, 2.05) is 19.1 Å². The van der Waals surface area contributed by atoms with Gasteiger partial charge in [0.1, 0.15) is 0 Å². The third-order valence-electron chi connectivity index (χ3n) is 3.42. The summed E-state index contributed by atoms with van der Waals surface area (Å²) in [5, 5.41) is 0. The van der Waals surface area contributed by atoms with Crippen LogP contribution < -0.4 is 0 Å². The van der Waals surface area contributed by atoms with Crippen molar-refractivity contribution in [1.29, 1.82) is 0 Å². The molecule has 0 N–H and O–H groups in total. The van der Waals surface area contributed by atoms with Crippen molar-refractivity contribution in [2.24, 2.45) is 0 Å². The van der Waals surface area contributed by atoms with Crippen LogP contribution in [0.3, 0.4) is 0 Å². The molecule has 0 fully saturated rings. The maximum absolute atomic E-state index is 3.88. The summed E-state index contributed by atoms with van der Waals surface area (Å²) in [4.78, 5) is 4.76. The number of allylic oxidation sites excluding steroid dienone is 4. The van der Waals surface area contributed by atoms with Crippen LogP contribution in [0.25, 0.3) is 0 Å². The lowest BCUT2D eigenvalue weighted by Gasteiger charge is -2.27. The Kier molecular flexibility index (Phi) is 9.62. The molecule has 0 aromatic rings. The quantitative estimate of drug-likeness (QED) is 0.579. The molecule has 0 saturated carbocycles. The molecule has 0 aliphatic rings. The van der Waals surface area contributed by atoms with Gasteiger partial charge in [0.25, 0.3) is 0 Å². The van der Waals surface area contributed by atoms with E-state index < -0.39 is 0 Å². The van der Waals surface area contributed by atoms with E-state index in [1.165, 1.54) is 5.57 Å². The molecule has 2 heteroatoms. The van der Waals surface area contributed by atoms with Crippen molar-refractivity contribution in [2.75, 3.05) is 33.7 Å². The highest BCUT2D eigenvalue weighted by Gasteiger charge is 2.10. The van der Waals surface area contributed by atoms with Gasteiger partial charge in [-0.1, -0.05) is 37.8 Å². The van der Waals surface area contributed by atoms with Gasteiger partial charge in [0.05, 0.1) is 0 Å². The second-order valence-corrected chi connectivity index (χ2v) is 4.90. The van der Waals surface area contributed by atoms with Crippen LogP contribution in [0.4, 0.5) is 0 Å². The van der Waals surface area contributed by atoms with Crippen molar-refractivity contribution in [3.05, 3.63) is 36.5 Å². The molecule has 1 atom stereocenters. The first-order chi connectivity index (χ1) is 8.54. The van der Waals surface area contributed by atoms with E-state index >= 15 is 0 Å². The van der Waals surface area contributed by atoms with E-state index in [0.717, 1.165) is 26.1 Å². The normalized spacial score (nSPS) is 14.7. The maximum atomic E-state index is 3.88. The average molecular weight is 250 g/mol. The Morgan fingerprint density at radius 1 is 1.28 bits per heavy atom. The fourth-order valence-electron chi connectivity index (χ4n) is 1.64. The SMILES string of the molecule is C=C/C(=C\C=C/C)CC(C)N(C)CCN(C)CC. The first kappa shape index (κ1) is 17.1. The molecule has 0 spiro atoms. The van der Waals surface area contributed by atoms with Gasteiger partial charge in [0.2, 0.25) is 0 Å². The van der Waals surface area contributed by atoms with E-state index in [0.29, 0.717) is 6.04 Å². The topological polar surface area (TPSA) is 6.48 Å². The monoisotopic (exact) mass is 250 g/mol. The fraction of sp³-hybridized carbons (Fsp3) is 0.625. The van der Waals surface area contributed by atoms with Gasteiger partial charge < -0.3 is 9.80 Å². The Morgan fingerprint density at radius 3 is 2.44 bits per heavy atom. The number of likely N-dealkylation sites (N-methyl/N-ethyl adjacent to an activating group) is 2. The summed E-state index contributed by atoms with van der Waals surface area (Å²) < 4.78 is 0. The second-order valence-electron chi connectivity index (χ2n) is 4.90. The molecule has 18 heavy (non-hydrogen) atoms. The highest BCUT2D eigenvalue weighted by Crippen LogP contribution is 2.11. The predicted molar refractivity (Wildman–Crippen MR) is 83.0 cm³/mol. The number of hydrogen-bond acceptors (Lipinski definition) is 2. The summed E-state index contributed by atoms with van der Waals surface area (Å²) in [5.41, 5.74) is 1.30. The predicted octanol–water partition coefficient (Wildman–Crippen LogP) is 3.34. The number of nitrogens with zero attached hydrogens (tertiary/aromatic N) is 2. The van der Waals surface area contributed by atoms with Crippen LogP contribution in [0.1, 0.15) is 27.2 Å². The Balaban J connectivity index is 4.20. The summed E-state index contributed by atoms with van der Waals surface area (Å²) in [5.74, 6) is 0. The van der Waals surface area contributed by atoms with Crippen molar-refractivity contribution in [3.8, 4) is 0 Å². The second kappa shape index (κ2) is 10.1. The van der Waals surface area contributed by atoms with Gasteiger partial charge in [-0.15, -0.1) is 0 Å².